The average Bonchev–Trinajstić information content (AvgIpc) is 2.90. The largest absolute Gasteiger partial charge is 0.377 e. The van der Waals surface area contributed by atoms with Crippen LogP contribution in [-0.4, -0.2) is 38.6 Å². The van der Waals surface area contributed by atoms with E-state index < -0.39 is 5.67 Å². The Bertz CT molecular complexity index is 1070. The first kappa shape index (κ1) is 18.5. The second-order valence-electron chi connectivity index (χ2n) is 7.60. The van der Waals surface area contributed by atoms with Crippen LogP contribution >= 0.6 is 0 Å². The number of nitrogens with zero attached hydrogens (tertiary/aromatic N) is 4. The number of nitrogens with one attached hydrogen (secondary N) is 1. The summed E-state index contributed by atoms with van der Waals surface area (Å²) in [5.74, 6) is 0.409. The molecule has 1 saturated heterocycles. The molecule has 0 aromatic carbocycles. The summed E-state index contributed by atoms with van der Waals surface area (Å²) < 4.78 is 22.0. The van der Waals surface area contributed by atoms with Crippen molar-refractivity contribution in [1.29, 1.82) is 0 Å². The van der Waals surface area contributed by atoms with Crippen molar-refractivity contribution in [2.75, 3.05) is 18.5 Å². The van der Waals surface area contributed by atoms with E-state index in [0.717, 1.165) is 16.5 Å². The molecular weight excluding hydrogens is 361 g/mol. The van der Waals surface area contributed by atoms with Crippen LogP contribution in [0.2, 0.25) is 0 Å². The minimum absolute atomic E-state index is 0.145. The number of aryl methyl sites for hydroxylation is 1. The third-order valence-electron chi connectivity index (χ3n) is 4.70. The van der Waals surface area contributed by atoms with Crippen molar-refractivity contribution in [2.45, 2.75) is 39.4 Å². The number of alkyl halides is 1. The Morgan fingerprint density at radius 1 is 1.32 bits per heavy atom. The molecule has 0 aliphatic carbocycles. The first-order valence-electron chi connectivity index (χ1n) is 9.14. The van der Waals surface area contributed by atoms with Gasteiger partial charge in [-0.05, 0) is 32.9 Å². The maximum absolute atomic E-state index is 14.5. The molecule has 7 nitrogen and oxygen atoms in total. The summed E-state index contributed by atoms with van der Waals surface area (Å²) in [5.41, 5.74) is 1.43. The van der Waals surface area contributed by atoms with Gasteiger partial charge in [0.25, 0.3) is 0 Å². The normalized spacial score (nSPS) is 14.9. The molecule has 1 N–H and O–H groups in total. The zero-order chi connectivity index (χ0) is 20.1. The Morgan fingerprint density at radius 3 is 2.68 bits per heavy atom. The summed E-state index contributed by atoms with van der Waals surface area (Å²) in [7, 11) is 0. The van der Waals surface area contributed by atoms with Crippen LogP contribution in [0.25, 0.3) is 22.2 Å². The zero-order valence-electron chi connectivity index (χ0n) is 16.3. The molecule has 28 heavy (non-hydrogen) atoms. The van der Waals surface area contributed by atoms with Gasteiger partial charge in [-0.1, -0.05) is 0 Å². The van der Waals surface area contributed by atoms with Gasteiger partial charge in [0, 0.05) is 29.8 Å². The number of ether oxygens (including phenoxy) is 1. The van der Waals surface area contributed by atoms with Crippen LogP contribution in [-0.2, 0) is 15.2 Å². The average molecular weight is 383 g/mol. The second-order valence-corrected chi connectivity index (χ2v) is 7.60. The Morgan fingerprint density at radius 2 is 2.07 bits per heavy atom. The Hall–Kier alpha value is -2.87. The predicted molar refractivity (Wildman–Crippen MR) is 104 cm³/mol. The van der Waals surface area contributed by atoms with Crippen molar-refractivity contribution in [2.24, 2.45) is 0 Å². The molecular formula is C20H22FN5O2. The number of carbonyl (C=O) groups excluding carboxylic acids is 1. The summed E-state index contributed by atoms with van der Waals surface area (Å²) in [5, 5.41) is 3.59. The van der Waals surface area contributed by atoms with Gasteiger partial charge in [0.1, 0.15) is 5.82 Å². The Kier molecular flexibility index (Phi) is 4.38. The molecule has 0 radical (unpaired) electrons. The van der Waals surface area contributed by atoms with E-state index in [4.69, 9.17) is 4.74 Å². The fourth-order valence-corrected chi connectivity index (χ4v) is 3.26. The quantitative estimate of drug-likeness (QED) is 0.745. The number of pyridine rings is 1. The molecule has 4 rings (SSSR count). The zero-order valence-corrected chi connectivity index (χ0v) is 16.3. The second kappa shape index (κ2) is 6.63. The van der Waals surface area contributed by atoms with Crippen molar-refractivity contribution >= 4 is 22.6 Å². The van der Waals surface area contributed by atoms with Crippen molar-refractivity contribution in [1.82, 2.24) is 19.5 Å². The highest BCUT2D eigenvalue weighted by Crippen LogP contribution is 2.35. The first-order valence-corrected chi connectivity index (χ1v) is 9.14. The lowest BCUT2D eigenvalue weighted by Crippen LogP contribution is -2.30. The van der Waals surface area contributed by atoms with Crippen LogP contribution in [0.5, 0.6) is 0 Å². The van der Waals surface area contributed by atoms with E-state index in [1.165, 1.54) is 20.8 Å². The van der Waals surface area contributed by atoms with Gasteiger partial charge in [-0.15, -0.1) is 0 Å². The Labute approximate surface area is 162 Å². The molecule has 0 saturated carbocycles. The smallest absolute Gasteiger partial charge is 0.222 e. The van der Waals surface area contributed by atoms with Crippen molar-refractivity contribution < 1.29 is 13.9 Å². The summed E-state index contributed by atoms with van der Waals surface area (Å²) in [6.45, 7) is 7.40. The molecule has 1 aliphatic rings. The van der Waals surface area contributed by atoms with Gasteiger partial charge in [-0.25, -0.2) is 19.3 Å². The number of anilines is 1. The number of halogens is 1. The van der Waals surface area contributed by atoms with Gasteiger partial charge >= 0.3 is 0 Å². The molecule has 4 heterocycles. The van der Waals surface area contributed by atoms with Gasteiger partial charge in [0.05, 0.1) is 36.7 Å². The van der Waals surface area contributed by atoms with Crippen LogP contribution < -0.4 is 5.32 Å². The van der Waals surface area contributed by atoms with Gasteiger partial charge in [0.2, 0.25) is 5.91 Å². The van der Waals surface area contributed by atoms with E-state index in [9.17, 15) is 9.18 Å². The lowest BCUT2D eigenvalue weighted by molar-refractivity contribution is -0.114. The highest BCUT2D eigenvalue weighted by Gasteiger charge is 2.27. The molecule has 8 heteroatoms. The van der Waals surface area contributed by atoms with Crippen LogP contribution in [0, 0.1) is 6.92 Å². The molecule has 3 aromatic rings. The van der Waals surface area contributed by atoms with Crippen molar-refractivity contribution in [3.8, 4) is 11.3 Å². The van der Waals surface area contributed by atoms with E-state index in [1.807, 2.05) is 25.3 Å². The predicted octanol–water partition coefficient (Wildman–Crippen LogP) is 3.54. The molecule has 3 aromatic heterocycles. The third-order valence-corrected chi connectivity index (χ3v) is 4.70. The molecule has 0 spiro atoms. The first-order chi connectivity index (χ1) is 13.2. The molecule has 1 fully saturated rings. The van der Waals surface area contributed by atoms with E-state index >= 15 is 0 Å². The molecule has 0 unspecified atom stereocenters. The summed E-state index contributed by atoms with van der Waals surface area (Å²) in [4.78, 5) is 24.5. The maximum atomic E-state index is 14.5. The minimum Gasteiger partial charge on any atom is -0.377 e. The van der Waals surface area contributed by atoms with Gasteiger partial charge in [-0.2, -0.15) is 0 Å². The number of amides is 1. The molecule has 0 atom stereocenters. The van der Waals surface area contributed by atoms with Crippen LogP contribution in [0.4, 0.5) is 10.2 Å². The van der Waals surface area contributed by atoms with Gasteiger partial charge in [0.15, 0.2) is 11.5 Å². The lowest BCUT2D eigenvalue weighted by atomic mass is 10.1. The highest BCUT2D eigenvalue weighted by atomic mass is 19.1. The van der Waals surface area contributed by atoms with Crippen molar-refractivity contribution in [3.63, 3.8) is 0 Å². The number of aromatic nitrogens is 4. The fraction of sp³-hybridized carbons (Fsp3) is 0.400. The van der Waals surface area contributed by atoms with E-state index in [1.54, 1.807) is 6.20 Å². The number of rotatable bonds is 4. The molecule has 0 bridgehead atoms. The van der Waals surface area contributed by atoms with Crippen molar-refractivity contribution in [3.05, 3.63) is 36.0 Å². The third kappa shape index (κ3) is 3.35. The SMILES string of the molecule is CC(=O)Nc1cc2c(-c3cc(C)nc(C(C)(C)F)n3)cn(C3COC3)c2cn1. The van der Waals surface area contributed by atoms with Crippen LogP contribution in [0.1, 0.15) is 38.3 Å². The number of hydrogen-bond donors (Lipinski definition) is 1. The van der Waals surface area contributed by atoms with Gasteiger partial charge < -0.3 is 14.6 Å². The fourth-order valence-electron chi connectivity index (χ4n) is 3.26. The number of fused-ring (bicyclic) bond motifs is 1. The highest BCUT2D eigenvalue weighted by molar-refractivity contribution is 5.98. The molecule has 1 amide bonds. The summed E-state index contributed by atoms with van der Waals surface area (Å²) in [6, 6.07) is 3.87. The lowest BCUT2D eigenvalue weighted by Gasteiger charge is -2.28. The summed E-state index contributed by atoms with van der Waals surface area (Å²) in [6.07, 6.45) is 3.73. The van der Waals surface area contributed by atoms with E-state index in [0.29, 0.717) is 30.4 Å². The maximum Gasteiger partial charge on any atom is 0.222 e. The Balaban J connectivity index is 1.92. The number of hydrogen-bond acceptors (Lipinski definition) is 5. The summed E-state index contributed by atoms with van der Waals surface area (Å²) >= 11 is 0. The minimum atomic E-state index is -1.65. The topological polar surface area (TPSA) is 81.9 Å². The van der Waals surface area contributed by atoms with E-state index in [-0.39, 0.29) is 17.8 Å². The standard InChI is InChI=1S/C20H22FN5O2/c1-11-5-16(25-19(23-11)20(3,4)21)15-8-26(13-9-28-10-13)17-7-22-18(6-14(15)17)24-12(2)27/h5-8,13H,9-10H2,1-4H3,(H,22,24,27). The van der Waals surface area contributed by atoms with Crippen LogP contribution in [0.3, 0.4) is 0 Å². The molecule has 146 valence electrons. The molecule has 1 aliphatic heterocycles. The van der Waals surface area contributed by atoms with Crippen LogP contribution in [0.15, 0.2) is 24.5 Å². The monoisotopic (exact) mass is 383 g/mol. The number of carbonyl (C=O) groups is 1. The van der Waals surface area contributed by atoms with Gasteiger partial charge in [-0.3, -0.25) is 4.79 Å². The van der Waals surface area contributed by atoms with E-state index in [2.05, 4.69) is 24.8 Å².